The lowest BCUT2D eigenvalue weighted by atomic mass is 9.99. The van der Waals surface area contributed by atoms with Gasteiger partial charge in [-0.2, -0.15) is 12.7 Å². The van der Waals surface area contributed by atoms with Gasteiger partial charge in [0.25, 0.3) is 0 Å². The van der Waals surface area contributed by atoms with Gasteiger partial charge in [0.05, 0.1) is 5.69 Å². The Bertz CT molecular complexity index is 1370. The molecule has 0 unspecified atom stereocenters. The van der Waals surface area contributed by atoms with E-state index in [-0.39, 0.29) is 30.8 Å². The number of rotatable bonds is 5. The second kappa shape index (κ2) is 8.79. The van der Waals surface area contributed by atoms with Gasteiger partial charge in [-0.3, -0.25) is 9.21 Å². The van der Waals surface area contributed by atoms with E-state index >= 15 is 0 Å². The maximum Gasteiger partial charge on any atom is 0.304 e. The molecule has 2 aromatic carbocycles. The smallest absolute Gasteiger partial charge is 0.304 e. The Labute approximate surface area is 198 Å². The first-order valence-electron chi connectivity index (χ1n) is 11.5. The molecular formula is C25H28F2N4O2S. The molecular weight excluding hydrogens is 458 g/mol. The molecule has 1 aromatic heterocycles. The number of halogens is 2. The van der Waals surface area contributed by atoms with Crippen LogP contribution in [0.3, 0.4) is 0 Å². The van der Waals surface area contributed by atoms with E-state index in [2.05, 4.69) is 16.0 Å². The summed E-state index contributed by atoms with van der Waals surface area (Å²) in [6, 6.07) is 9.10. The number of hydrogen-bond donors (Lipinski definition) is 1. The third-order valence-electron chi connectivity index (χ3n) is 6.73. The van der Waals surface area contributed by atoms with Crippen LogP contribution in [0.25, 0.3) is 16.5 Å². The quantitative estimate of drug-likeness (QED) is 0.577. The highest BCUT2D eigenvalue weighted by Gasteiger charge is 2.39. The molecule has 0 bridgehead atoms. The van der Waals surface area contributed by atoms with E-state index in [0.717, 1.165) is 29.4 Å². The second-order valence-electron chi connectivity index (χ2n) is 9.13. The van der Waals surface area contributed by atoms with E-state index in [1.807, 2.05) is 6.20 Å². The predicted molar refractivity (Wildman–Crippen MR) is 131 cm³/mol. The molecule has 0 aliphatic carbocycles. The van der Waals surface area contributed by atoms with Gasteiger partial charge in [-0.25, -0.2) is 8.78 Å². The number of fused-ring (bicyclic) bond motifs is 2. The average Bonchev–Trinajstić information content (AvgIpc) is 3.21. The highest BCUT2D eigenvalue weighted by Crippen LogP contribution is 2.35. The first kappa shape index (κ1) is 23.0. The molecule has 0 atom stereocenters. The van der Waals surface area contributed by atoms with Crippen molar-refractivity contribution in [2.24, 2.45) is 0 Å². The summed E-state index contributed by atoms with van der Waals surface area (Å²) in [5.74, 6) is -0.651. The lowest BCUT2D eigenvalue weighted by molar-refractivity contribution is 0.304. The van der Waals surface area contributed by atoms with E-state index in [1.54, 1.807) is 32.0 Å². The summed E-state index contributed by atoms with van der Waals surface area (Å²) in [4.78, 5) is 5.33. The molecule has 0 saturated carbocycles. The molecule has 0 saturated heterocycles. The zero-order valence-corrected chi connectivity index (χ0v) is 20.1. The maximum absolute atomic E-state index is 14.5. The zero-order chi connectivity index (χ0) is 24.0. The van der Waals surface area contributed by atoms with Crippen LogP contribution in [0.1, 0.15) is 31.4 Å². The van der Waals surface area contributed by atoms with Crippen LogP contribution in [0.15, 0.2) is 48.7 Å². The van der Waals surface area contributed by atoms with Crippen LogP contribution in [0.5, 0.6) is 0 Å². The molecule has 1 N–H and O–H groups in total. The lowest BCUT2D eigenvalue weighted by Crippen LogP contribution is -2.52. The molecule has 180 valence electrons. The van der Waals surface area contributed by atoms with Gasteiger partial charge in [0.2, 0.25) is 0 Å². The molecule has 0 fully saturated rings. The molecule has 6 nitrogen and oxygen atoms in total. The van der Waals surface area contributed by atoms with Crippen LogP contribution in [0, 0.1) is 11.6 Å². The molecule has 0 spiro atoms. The average molecular weight is 487 g/mol. The SMILES string of the molecule is CC(C)N1Cc2c(F)cccc2N(CCN2CC=C(c3c[nH]c4cc(F)ccc34)CC2)S1(=O)=O. The summed E-state index contributed by atoms with van der Waals surface area (Å²) in [5, 5.41) is 0.993. The molecule has 5 rings (SSSR count). The van der Waals surface area contributed by atoms with E-state index in [4.69, 9.17) is 0 Å². The standard InChI is InChI=1S/C25H28F2N4O2S/c1-17(2)31-16-22-23(27)4-3-5-25(22)30(34(31,32)33)13-12-29-10-8-18(9-11-29)21-15-28-24-14-19(26)6-7-20(21)24/h3-8,14-15,17,28H,9-13,16H2,1-2H3. The molecule has 2 aliphatic heterocycles. The summed E-state index contributed by atoms with van der Waals surface area (Å²) in [6.45, 7) is 5.89. The summed E-state index contributed by atoms with van der Waals surface area (Å²) in [7, 11) is -3.75. The Morgan fingerprint density at radius 2 is 1.94 bits per heavy atom. The molecule has 3 heterocycles. The summed E-state index contributed by atoms with van der Waals surface area (Å²) >= 11 is 0. The van der Waals surface area contributed by atoms with Crippen LogP contribution in [0.4, 0.5) is 14.5 Å². The van der Waals surface area contributed by atoms with E-state index in [9.17, 15) is 17.2 Å². The fourth-order valence-electron chi connectivity index (χ4n) is 4.87. The topological polar surface area (TPSA) is 59.6 Å². The molecule has 9 heteroatoms. The van der Waals surface area contributed by atoms with Gasteiger partial charge in [0.15, 0.2) is 0 Å². The van der Waals surface area contributed by atoms with Gasteiger partial charge in [-0.15, -0.1) is 0 Å². The number of benzene rings is 2. The molecule has 0 radical (unpaired) electrons. The fourth-order valence-corrected chi connectivity index (χ4v) is 6.68. The van der Waals surface area contributed by atoms with Crippen molar-refractivity contribution < 1.29 is 17.2 Å². The predicted octanol–water partition coefficient (Wildman–Crippen LogP) is 4.51. The second-order valence-corrected chi connectivity index (χ2v) is 10.9. The van der Waals surface area contributed by atoms with Gasteiger partial charge >= 0.3 is 10.2 Å². The van der Waals surface area contributed by atoms with Crippen molar-refractivity contribution in [2.45, 2.75) is 32.9 Å². The number of nitrogens with one attached hydrogen (secondary N) is 1. The number of aromatic nitrogens is 1. The monoisotopic (exact) mass is 486 g/mol. The lowest BCUT2D eigenvalue weighted by Gasteiger charge is -2.40. The van der Waals surface area contributed by atoms with Crippen molar-refractivity contribution in [3.63, 3.8) is 0 Å². The van der Waals surface area contributed by atoms with Crippen molar-refractivity contribution in [1.82, 2.24) is 14.2 Å². The number of nitrogens with zero attached hydrogens (tertiary/aromatic N) is 3. The van der Waals surface area contributed by atoms with E-state index in [1.165, 1.54) is 32.4 Å². The van der Waals surface area contributed by atoms with E-state index < -0.39 is 10.2 Å². The third-order valence-corrected chi connectivity index (χ3v) is 8.81. The van der Waals surface area contributed by atoms with Gasteiger partial charge in [-0.05, 0) is 56.2 Å². The number of anilines is 1. The van der Waals surface area contributed by atoms with Crippen molar-refractivity contribution in [3.8, 4) is 0 Å². The minimum Gasteiger partial charge on any atom is -0.360 e. The third kappa shape index (κ3) is 4.01. The van der Waals surface area contributed by atoms with Gasteiger partial charge in [0.1, 0.15) is 11.6 Å². The van der Waals surface area contributed by atoms with Crippen LogP contribution >= 0.6 is 0 Å². The minimum atomic E-state index is -3.75. The first-order chi connectivity index (χ1) is 16.3. The minimum absolute atomic E-state index is 0.0445. The molecule has 3 aromatic rings. The first-order valence-corrected chi connectivity index (χ1v) is 12.9. The molecule has 2 aliphatic rings. The normalized spacial score (nSPS) is 19.0. The van der Waals surface area contributed by atoms with Crippen molar-refractivity contribution >= 4 is 32.4 Å². The number of H-pyrrole nitrogens is 1. The largest absolute Gasteiger partial charge is 0.360 e. The van der Waals surface area contributed by atoms with Crippen molar-refractivity contribution in [3.05, 3.63) is 71.4 Å². The Morgan fingerprint density at radius 1 is 1.12 bits per heavy atom. The Hall–Kier alpha value is -2.75. The molecule has 0 amide bonds. The molecule has 34 heavy (non-hydrogen) atoms. The van der Waals surface area contributed by atoms with Gasteiger partial charge < -0.3 is 4.98 Å². The number of hydrogen-bond acceptors (Lipinski definition) is 3. The highest BCUT2D eigenvalue weighted by atomic mass is 32.2. The van der Waals surface area contributed by atoms with Crippen molar-refractivity contribution in [1.29, 1.82) is 0 Å². The summed E-state index contributed by atoms with van der Waals surface area (Å²) < 4.78 is 57.4. The zero-order valence-electron chi connectivity index (χ0n) is 19.3. The van der Waals surface area contributed by atoms with Crippen LogP contribution in [-0.2, 0) is 16.8 Å². The fraction of sp³-hybridized carbons (Fsp3) is 0.360. The van der Waals surface area contributed by atoms with E-state index in [0.29, 0.717) is 24.3 Å². The van der Waals surface area contributed by atoms with Crippen LogP contribution in [-0.4, -0.2) is 54.8 Å². The van der Waals surface area contributed by atoms with Crippen LogP contribution in [0.2, 0.25) is 0 Å². The Balaban J connectivity index is 1.33. The van der Waals surface area contributed by atoms with Crippen LogP contribution < -0.4 is 4.31 Å². The Morgan fingerprint density at radius 3 is 2.68 bits per heavy atom. The maximum atomic E-state index is 14.5. The summed E-state index contributed by atoms with van der Waals surface area (Å²) in [6.07, 6.45) is 4.87. The number of aromatic amines is 1. The van der Waals surface area contributed by atoms with Crippen molar-refractivity contribution in [2.75, 3.05) is 30.5 Å². The Kier molecular flexibility index (Phi) is 5.95. The summed E-state index contributed by atoms with van der Waals surface area (Å²) in [5.41, 5.74) is 3.89. The highest BCUT2D eigenvalue weighted by molar-refractivity contribution is 7.90. The van der Waals surface area contributed by atoms with Gasteiger partial charge in [-0.1, -0.05) is 12.1 Å². The van der Waals surface area contributed by atoms with Gasteiger partial charge in [0, 0.05) is 67.0 Å².